The first-order valence-electron chi connectivity index (χ1n) is 9.72. The van der Waals surface area contributed by atoms with Crippen molar-refractivity contribution in [3.05, 3.63) is 108 Å². The average Bonchev–Trinajstić information content (AvgIpc) is 2.70. The number of hydrogen-bond donors (Lipinski definition) is 2. The molecule has 0 radical (unpaired) electrons. The van der Waals surface area contributed by atoms with E-state index in [9.17, 15) is 10.2 Å². The van der Waals surface area contributed by atoms with Crippen LogP contribution in [0.25, 0.3) is 0 Å². The van der Waals surface area contributed by atoms with Gasteiger partial charge in [0.05, 0.1) is 11.6 Å². The highest BCUT2D eigenvalue weighted by Gasteiger charge is 2.37. The van der Waals surface area contributed by atoms with Crippen LogP contribution in [0.5, 0.6) is 0 Å². The second-order valence-electron chi connectivity index (χ2n) is 7.83. The van der Waals surface area contributed by atoms with Crippen molar-refractivity contribution < 1.29 is 10.2 Å². The van der Waals surface area contributed by atoms with Crippen LogP contribution in [0.4, 0.5) is 0 Å². The fourth-order valence-corrected chi connectivity index (χ4v) is 3.52. The summed E-state index contributed by atoms with van der Waals surface area (Å²) >= 11 is 0. The van der Waals surface area contributed by atoms with Crippen molar-refractivity contribution in [1.29, 1.82) is 0 Å². The number of hydrogen-bond acceptors (Lipinski definition) is 3. The molecule has 0 unspecified atom stereocenters. The Morgan fingerprint density at radius 2 is 1.11 bits per heavy atom. The van der Waals surface area contributed by atoms with Gasteiger partial charge in [0, 0.05) is 13.1 Å². The van der Waals surface area contributed by atoms with E-state index in [0.29, 0.717) is 13.1 Å². The number of nitrogens with zero attached hydrogens (tertiary/aromatic N) is 1. The molecule has 3 heteroatoms. The standard InChI is InChI=1S/C25H29NO2/c1-25(2,28)24(27)23(22-16-10-5-11-17-22)26(18-20-12-6-3-7-13-20)19-21-14-8-4-9-15-21/h3-17,23-24,27-28H,18-19H2,1-2H3/t23-,24+/m1/s1. The fraction of sp³-hybridized carbons (Fsp3) is 0.280. The van der Waals surface area contributed by atoms with E-state index in [-0.39, 0.29) is 6.04 Å². The molecule has 28 heavy (non-hydrogen) atoms. The van der Waals surface area contributed by atoms with Crippen LogP contribution >= 0.6 is 0 Å². The monoisotopic (exact) mass is 375 g/mol. The zero-order chi connectivity index (χ0) is 20.0. The van der Waals surface area contributed by atoms with Gasteiger partial charge in [0.15, 0.2) is 0 Å². The van der Waals surface area contributed by atoms with Crippen molar-refractivity contribution in [2.45, 2.75) is 44.7 Å². The Kier molecular flexibility index (Phi) is 6.63. The van der Waals surface area contributed by atoms with E-state index in [2.05, 4.69) is 29.2 Å². The third-order valence-electron chi connectivity index (χ3n) is 5.01. The van der Waals surface area contributed by atoms with Gasteiger partial charge < -0.3 is 10.2 Å². The Labute approximate surface area is 167 Å². The predicted molar refractivity (Wildman–Crippen MR) is 114 cm³/mol. The summed E-state index contributed by atoms with van der Waals surface area (Å²) in [6, 6.07) is 30.1. The molecule has 0 saturated carbocycles. The van der Waals surface area contributed by atoms with E-state index >= 15 is 0 Å². The Morgan fingerprint density at radius 3 is 1.50 bits per heavy atom. The molecule has 2 atom stereocenters. The van der Waals surface area contributed by atoms with Gasteiger partial charge in [0.2, 0.25) is 0 Å². The molecule has 0 aliphatic rings. The maximum absolute atomic E-state index is 11.1. The Morgan fingerprint density at radius 1 is 0.714 bits per heavy atom. The molecule has 3 aromatic carbocycles. The molecule has 3 aromatic rings. The van der Waals surface area contributed by atoms with E-state index in [1.54, 1.807) is 13.8 Å². The molecule has 0 spiro atoms. The first-order valence-corrected chi connectivity index (χ1v) is 9.72. The van der Waals surface area contributed by atoms with Crippen LogP contribution in [-0.4, -0.2) is 26.8 Å². The molecule has 0 amide bonds. The summed E-state index contributed by atoms with van der Waals surface area (Å²) in [6.07, 6.45) is -0.942. The Bertz CT molecular complexity index is 787. The van der Waals surface area contributed by atoms with Gasteiger partial charge in [0.1, 0.15) is 6.10 Å². The summed E-state index contributed by atoms with van der Waals surface area (Å²) in [7, 11) is 0. The van der Waals surface area contributed by atoms with Crippen LogP contribution in [-0.2, 0) is 13.1 Å². The second kappa shape index (κ2) is 9.16. The van der Waals surface area contributed by atoms with Gasteiger partial charge in [-0.25, -0.2) is 0 Å². The summed E-state index contributed by atoms with van der Waals surface area (Å²) in [6.45, 7) is 4.67. The molecular formula is C25H29NO2. The van der Waals surface area contributed by atoms with Crippen molar-refractivity contribution >= 4 is 0 Å². The largest absolute Gasteiger partial charge is 0.388 e. The first-order chi connectivity index (χ1) is 13.4. The minimum Gasteiger partial charge on any atom is -0.388 e. The highest BCUT2D eigenvalue weighted by molar-refractivity contribution is 5.24. The molecule has 0 heterocycles. The smallest absolute Gasteiger partial charge is 0.102 e. The summed E-state index contributed by atoms with van der Waals surface area (Å²) in [4.78, 5) is 2.24. The lowest BCUT2D eigenvalue weighted by molar-refractivity contribution is -0.0945. The molecule has 0 aliphatic carbocycles. The minimum absolute atomic E-state index is 0.346. The van der Waals surface area contributed by atoms with Crippen LogP contribution in [0, 0.1) is 0 Å². The van der Waals surface area contributed by atoms with Crippen LogP contribution in [0.15, 0.2) is 91.0 Å². The Hall–Kier alpha value is -2.46. The first kappa shape index (κ1) is 20.3. The summed E-state index contributed by atoms with van der Waals surface area (Å²) in [5.74, 6) is 0. The molecule has 2 N–H and O–H groups in total. The number of aliphatic hydroxyl groups is 2. The fourth-order valence-electron chi connectivity index (χ4n) is 3.52. The van der Waals surface area contributed by atoms with Gasteiger partial charge in [0.25, 0.3) is 0 Å². The lowest BCUT2D eigenvalue weighted by Gasteiger charge is -2.40. The quantitative estimate of drug-likeness (QED) is 0.606. The van der Waals surface area contributed by atoms with Gasteiger partial charge in [-0.1, -0.05) is 91.0 Å². The zero-order valence-corrected chi connectivity index (χ0v) is 16.6. The van der Waals surface area contributed by atoms with E-state index in [4.69, 9.17) is 0 Å². The van der Waals surface area contributed by atoms with Gasteiger partial charge in [-0.05, 0) is 30.5 Å². The van der Waals surface area contributed by atoms with E-state index in [0.717, 1.165) is 5.56 Å². The maximum atomic E-state index is 11.1. The van der Waals surface area contributed by atoms with Crippen molar-refractivity contribution in [2.75, 3.05) is 0 Å². The van der Waals surface area contributed by atoms with Gasteiger partial charge in [-0.3, -0.25) is 4.90 Å². The normalized spacial score (nSPS) is 14.0. The van der Waals surface area contributed by atoms with Crippen molar-refractivity contribution in [3.63, 3.8) is 0 Å². The Balaban J connectivity index is 2.01. The minimum atomic E-state index is -1.23. The molecule has 0 aromatic heterocycles. The summed E-state index contributed by atoms with van der Waals surface area (Å²) in [5.41, 5.74) is 2.10. The molecule has 0 bridgehead atoms. The zero-order valence-electron chi connectivity index (χ0n) is 16.6. The van der Waals surface area contributed by atoms with Crippen molar-refractivity contribution in [3.8, 4) is 0 Å². The average molecular weight is 376 g/mol. The number of rotatable bonds is 8. The molecule has 0 saturated heterocycles. The third-order valence-corrected chi connectivity index (χ3v) is 5.01. The van der Waals surface area contributed by atoms with E-state index in [1.807, 2.05) is 66.7 Å². The number of aliphatic hydroxyl groups excluding tert-OH is 1. The molecule has 146 valence electrons. The second-order valence-corrected chi connectivity index (χ2v) is 7.83. The van der Waals surface area contributed by atoms with Crippen molar-refractivity contribution in [2.24, 2.45) is 0 Å². The lowest BCUT2D eigenvalue weighted by atomic mass is 9.88. The van der Waals surface area contributed by atoms with Gasteiger partial charge in [-0.2, -0.15) is 0 Å². The summed E-state index contributed by atoms with van der Waals surface area (Å²) in [5, 5.41) is 21.8. The maximum Gasteiger partial charge on any atom is 0.102 e. The number of benzene rings is 3. The van der Waals surface area contributed by atoms with E-state index < -0.39 is 11.7 Å². The molecule has 3 nitrogen and oxygen atoms in total. The molecule has 3 rings (SSSR count). The van der Waals surface area contributed by atoms with Crippen LogP contribution < -0.4 is 0 Å². The highest BCUT2D eigenvalue weighted by atomic mass is 16.3. The van der Waals surface area contributed by atoms with E-state index in [1.165, 1.54) is 11.1 Å². The van der Waals surface area contributed by atoms with Crippen molar-refractivity contribution in [1.82, 2.24) is 4.90 Å². The van der Waals surface area contributed by atoms with Gasteiger partial charge >= 0.3 is 0 Å². The SMILES string of the molecule is CC(C)(O)[C@@H](O)[C@@H](c1ccccc1)N(Cc1ccccc1)Cc1ccccc1. The molecule has 0 fully saturated rings. The molecular weight excluding hydrogens is 346 g/mol. The van der Waals surface area contributed by atoms with Crippen LogP contribution in [0.1, 0.15) is 36.6 Å². The van der Waals surface area contributed by atoms with Gasteiger partial charge in [-0.15, -0.1) is 0 Å². The van der Waals surface area contributed by atoms with Crippen LogP contribution in [0.2, 0.25) is 0 Å². The summed E-state index contributed by atoms with van der Waals surface area (Å²) < 4.78 is 0. The third kappa shape index (κ3) is 5.29. The van der Waals surface area contributed by atoms with Crippen LogP contribution in [0.3, 0.4) is 0 Å². The lowest BCUT2D eigenvalue weighted by Crippen LogP contribution is -2.47. The highest BCUT2D eigenvalue weighted by Crippen LogP contribution is 2.32. The topological polar surface area (TPSA) is 43.7 Å². The molecule has 0 aliphatic heterocycles. The predicted octanol–water partition coefficient (Wildman–Crippen LogP) is 4.56.